The highest BCUT2D eigenvalue weighted by molar-refractivity contribution is 5.73. The van der Waals surface area contributed by atoms with Crippen LogP contribution in [-0.2, 0) is 17.9 Å². The number of carbonyl (C=O) groups is 1. The molecular formula is C18H19F3N4O3. The van der Waals surface area contributed by atoms with Gasteiger partial charge in [-0.2, -0.15) is 18.3 Å². The molecule has 0 unspecified atom stereocenters. The number of carboxylic acids is 1. The van der Waals surface area contributed by atoms with E-state index in [9.17, 15) is 13.2 Å². The molecule has 2 N–H and O–H groups in total. The number of H-pyrrole nitrogens is 1. The third-order valence-electron chi connectivity index (χ3n) is 3.56. The van der Waals surface area contributed by atoms with Crippen LogP contribution in [-0.4, -0.2) is 44.6 Å². The van der Waals surface area contributed by atoms with Crippen LogP contribution in [0.4, 0.5) is 13.2 Å². The molecule has 0 bridgehead atoms. The third-order valence-corrected chi connectivity index (χ3v) is 3.56. The topological polar surface area (TPSA) is 95.3 Å². The number of carboxylic acid groups (broad SMARTS) is 1. The maximum atomic E-state index is 10.6. The van der Waals surface area contributed by atoms with Crippen molar-refractivity contribution in [2.75, 3.05) is 7.05 Å². The van der Waals surface area contributed by atoms with Gasteiger partial charge < -0.3 is 9.63 Å². The molecule has 0 saturated heterocycles. The second-order valence-corrected chi connectivity index (χ2v) is 6.10. The van der Waals surface area contributed by atoms with Gasteiger partial charge >= 0.3 is 12.1 Å². The van der Waals surface area contributed by atoms with Gasteiger partial charge in [-0.15, -0.1) is 0 Å². The summed E-state index contributed by atoms with van der Waals surface area (Å²) >= 11 is 0. The lowest BCUT2D eigenvalue weighted by Crippen LogP contribution is -2.21. The highest BCUT2D eigenvalue weighted by Gasteiger charge is 2.38. The number of alkyl halides is 3. The number of aliphatic carboxylic acids is 1. The fourth-order valence-electron chi connectivity index (χ4n) is 2.38. The van der Waals surface area contributed by atoms with Gasteiger partial charge in [-0.25, -0.2) is 4.79 Å². The summed E-state index contributed by atoms with van der Waals surface area (Å²) in [5.74, 6) is -1.87. The van der Waals surface area contributed by atoms with Crippen LogP contribution in [0.15, 0.2) is 47.2 Å². The van der Waals surface area contributed by atoms with Crippen LogP contribution in [0.25, 0.3) is 11.1 Å². The van der Waals surface area contributed by atoms with E-state index in [2.05, 4.69) is 51.6 Å². The summed E-state index contributed by atoms with van der Waals surface area (Å²) in [7, 11) is 2.07. The maximum Gasteiger partial charge on any atom is 0.490 e. The lowest BCUT2D eigenvalue weighted by molar-refractivity contribution is -0.192. The van der Waals surface area contributed by atoms with Crippen molar-refractivity contribution in [1.82, 2.24) is 20.3 Å². The van der Waals surface area contributed by atoms with Crippen molar-refractivity contribution < 1.29 is 27.6 Å². The van der Waals surface area contributed by atoms with E-state index in [1.165, 1.54) is 11.1 Å². The van der Waals surface area contributed by atoms with E-state index >= 15 is 0 Å². The number of aromatic amines is 1. The summed E-state index contributed by atoms with van der Waals surface area (Å²) in [6, 6.07) is 10.5. The molecule has 28 heavy (non-hydrogen) atoms. The van der Waals surface area contributed by atoms with E-state index in [0.29, 0.717) is 0 Å². The van der Waals surface area contributed by atoms with E-state index in [-0.39, 0.29) is 0 Å². The van der Waals surface area contributed by atoms with Crippen molar-refractivity contribution in [1.29, 1.82) is 0 Å². The first-order chi connectivity index (χ1) is 13.1. The lowest BCUT2D eigenvalue weighted by atomic mass is 10.1. The van der Waals surface area contributed by atoms with Crippen LogP contribution >= 0.6 is 0 Å². The molecule has 7 nitrogen and oxygen atoms in total. The molecule has 10 heteroatoms. The first-order valence-corrected chi connectivity index (χ1v) is 8.14. The van der Waals surface area contributed by atoms with Crippen LogP contribution in [0.2, 0.25) is 0 Å². The van der Waals surface area contributed by atoms with Crippen molar-refractivity contribution in [2.45, 2.75) is 26.2 Å². The quantitative estimate of drug-likeness (QED) is 0.684. The van der Waals surface area contributed by atoms with E-state index in [0.717, 1.165) is 30.1 Å². The monoisotopic (exact) mass is 396 g/mol. The number of hydrogen-bond donors (Lipinski definition) is 2. The molecule has 0 saturated carbocycles. The number of aromatic nitrogens is 3. The number of halogens is 3. The number of benzene rings is 1. The summed E-state index contributed by atoms with van der Waals surface area (Å²) in [6.07, 6.45) is -1.35. The lowest BCUT2D eigenvalue weighted by Gasteiger charge is -2.15. The Morgan fingerprint density at radius 1 is 1.25 bits per heavy atom. The molecule has 0 aliphatic heterocycles. The van der Waals surface area contributed by atoms with Gasteiger partial charge in [-0.1, -0.05) is 23.4 Å². The van der Waals surface area contributed by atoms with Gasteiger partial charge in [0.05, 0.1) is 18.4 Å². The number of nitrogens with zero attached hydrogens (tertiary/aromatic N) is 3. The molecule has 0 atom stereocenters. The summed E-state index contributed by atoms with van der Waals surface area (Å²) in [6.45, 7) is 3.53. The molecule has 0 radical (unpaired) electrons. The normalized spacial score (nSPS) is 11.2. The molecule has 2 heterocycles. The molecule has 0 spiro atoms. The fraction of sp³-hybridized carbons (Fsp3) is 0.278. The Morgan fingerprint density at radius 3 is 2.50 bits per heavy atom. The predicted molar refractivity (Wildman–Crippen MR) is 94.1 cm³/mol. The molecule has 3 rings (SSSR count). The largest absolute Gasteiger partial charge is 0.490 e. The Balaban J connectivity index is 0.000000345. The van der Waals surface area contributed by atoms with Gasteiger partial charge in [0, 0.05) is 24.4 Å². The molecule has 150 valence electrons. The molecule has 0 aliphatic rings. The molecule has 2 aromatic heterocycles. The van der Waals surface area contributed by atoms with Gasteiger partial charge in [0.25, 0.3) is 0 Å². The molecule has 0 amide bonds. The standard InChI is InChI=1S/C16H18N4O.C2HF3O2/c1-12-6-16(21-19-12)11-20(2)10-13-4-3-5-14(7-13)15-8-17-18-9-15;3-2(4,5)1(6)7/h3-9H,10-11H2,1-2H3,(H,17,18);(H,6,7). The minimum atomic E-state index is -5.08. The first kappa shape index (κ1) is 21.2. The van der Waals surface area contributed by atoms with Crippen molar-refractivity contribution >= 4 is 5.97 Å². The van der Waals surface area contributed by atoms with E-state index in [4.69, 9.17) is 14.4 Å². The first-order valence-electron chi connectivity index (χ1n) is 8.14. The van der Waals surface area contributed by atoms with Crippen molar-refractivity contribution in [2.24, 2.45) is 0 Å². The number of rotatable bonds is 5. The smallest absolute Gasteiger partial charge is 0.475 e. The fourth-order valence-corrected chi connectivity index (χ4v) is 2.38. The Kier molecular flexibility index (Phi) is 6.94. The van der Waals surface area contributed by atoms with Gasteiger partial charge in [0.15, 0.2) is 5.76 Å². The Hall–Kier alpha value is -3.14. The van der Waals surface area contributed by atoms with Gasteiger partial charge in [0.2, 0.25) is 0 Å². The highest BCUT2D eigenvalue weighted by Crippen LogP contribution is 2.20. The molecule has 3 aromatic rings. The minimum absolute atomic E-state index is 0.747. The van der Waals surface area contributed by atoms with E-state index in [1.807, 2.05) is 25.4 Å². The van der Waals surface area contributed by atoms with Crippen LogP contribution in [0, 0.1) is 6.92 Å². The second-order valence-electron chi connectivity index (χ2n) is 6.10. The van der Waals surface area contributed by atoms with Crippen LogP contribution < -0.4 is 0 Å². The number of aryl methyl sites for hydroxylation is 1. The summed E-state index contributed by atoms with van der Waals surface area (Å²) in [5.41, 5.74) is 4.45. The predicted octanol–water partition coefficient (Wildman–Crippen LogP) is 3.64. The van der Waals surface area contributed by atoms with Crippen molar-refractivity contribution in [3.63, 3.8) is 0 Å². The Labute approximate surface area is 158 Å². The average molecular weight is 396 g/mol. The maximum absolute atomic E-state index is 10.6. The van der Waals surface area contributed by atoms with Gasteiger partial charge in [-0.05, 0) is 31.2 Å². The van der Waals surface area contributed by atoms with E-state index in [1.54, 1.807) is 0 Å². The van der Waals surface area contributed by atoms with Gasteiger partial charge in [0.1, 0.15) is 0 Å². The summed E-state index contributed by atoms with van der Waals surface area (Å²) in [4.78, 5) is 11.1. The van der Waals surface area contributed by atoms with Gasteiger partial charge in [-0.3, -0.25) is 10.00 Å². The molecule has 1 aromatic carbocycles. The van der Waals surface area contributed by atoms with Crippen molar-refractivity contribution in [3.05, 3.63) is 59.7 Å². The highest BCUT2D eigenvalue weighted by atomic mass is 19.4. The molecule has 0 aliphatic carbocycles. The zero-order chi connectivity index (χ0) is 20.7. The molecular weight excluding hydrogens is 377 g/mol. The number of nitrogens with one attached hydrogen (secondary N) is 1. The average Bonchev–Trinajstić information content (AvgIpc) is 3.26. The van der Waals surface area contributed by atoms with Crippen molar-refractivity contribution in [3.8, 4) is 11.1 Å². The summed E-state index contributed by atoms with van der Waals surface area (Å²) < 4.78 is 37.0. The zero-order valence-electron chi connectivity index (χ0n) is 15.2. The zero-order valence-corrected chi connectivity index (χ0v) is 15.2. The van der Waals surface area contributed by atoms with Crippen LogP contribution in [0.3, 0.4) is 0 Å². The minimum Gasteiger partial charge on any atom is -0.475 e. The molecule has 0 fully saturated rings. The Bertz CT molecular complexity index is 892. The number of hydrogen-bond acceptors (Lipinski definition) is 5. The third kappa shape index (κ3) is 6.54. The Morgan fingerprint density at radius 2 is 1.96 bits per heavy atom. The van der Waals surface area contributed by atoms with E-state index < -0.39 is 12.1 Å². The van der Waals surface area contributed by atoms with Crippen LogP contribution in [0.5, 0.6) is 0 Å². The second kappa shape index (κ2) is 9.18. The summed E-state index contributed by atoms with van der Waals surface area (Å²) in [5, 5.41) is 17.9. The van der Waals surface area contributed by atoms with Crippen LogP contribution in [0.1, 0.15) is 17.0 Å². The SMILES string of the molecule is Cc1cc(CN(C)Cc2cccc(-c3cn[nH]c3)c2)on1.O=C(O)C(F)(F)F.